The van der Waals surface area contributed by atoms with Crippen molar-refractivity contribution in [3.63, 3.8) is 0 Å². The highest BCUT2D eigenvalue weighted by Crippen LogP contribution is 2.23. The quantitative estimate of drug-likeness (QED) is 0.616. The molecule has 2 rings (SSSR count). The summed E-state index contributed by atoms with van der Waals surface area (Å²) in [5, 5.41) is 0. The Morgan fingerprint density at radius 1 is 1.09 bits per heavy atom. The van der Waals surface area contributed by atoms with E-state index in [0.29, 0.717) is 0 Å². The van der Waals surface area contributed by atoms with E-state index in [4.69, 9.17) is 0 Å². The van der Waals surface area contributed by atoms with Crippen LogP contribution in [0.5, 0.6) is 0 Å². The molecule has 1 aliphatic rings. The summed E-state index contributed by atoms with van der Waals surface area (Å²) in [6, 6.07) is 8.73. The average molecular weight is 295 g/mol. The van der Waals surface area contributed by atoms with Crippen LogP contribution in [0.3, 0.4) is 0 Å². The van der Waals surface area contributed by atoms with Gasteiger partial charge in [0.15, 0.2) is 0 Å². The van der Waals surface area contributed by atoms with Gasteiger partial charge in [0.2, 0.25) is 0 Å². The molecule has 0 fully saturated rings. The molecule has 0 saturated heterocycles. The zero-order valence-corrected chi connectivity index (χ0v) is 14.5. The Hall–Kier alpha value is -2.02. The number of aryl methyl sites for hydroxylation is 1. The third kappa shape index (κ3) is 5.77. The Kier molecular flexibility index (Phi) is 8.06. The van der Waals surface area contributed by atoms with Crippen molar-refractivity contribution in [3.8, 4) is 0 Å². The van der Waals surface area contributed by atoms with Crippen LogP contribution in [0, 0.1) is 6.92 Å². The van der Waals surface area contributed by atoms with Gasteiger partial charge in [0, 0.05) is 18.1 Å². The standard InChI is InChI=1S/C18H21N.C3H8/c1-4-7-18(17-11-9-15(2)10-12-17)14-19-13-6-5-8-16(19)3;1-3-2/h5-6,8-14H,3-4,7H2,1-2H3;3H2,1-2H3/b18-14+;. The summed E-state index contributed by atoms with van der Waals surface area (Å²) in [5.41, 5.74) is 4.94. The van der Waals surface area contributed by atoms with Gasteiger partial charge in [-0.1, -0.05) is 76.1 Å². The fourth-order valence-corrected chi connectivity index (χ4v) is 2.11. The minimum atomic E-state index is 1.00. The van der Waals surface area contributed by atoms with Gasteiger partial charge in [-0.2, -0.15) is 0 Å². The van der Waals surface area contributed by atoms with Crippen molar-refractivity contribution < 1.29 is 0 Å². The van der Waals surface area contributed by atoms with E-state index in [9.17, 15) is 0 Å². The highest BCUT2D eigenvalue weighted by atomic mass is 15.1. The first-order chi connectivity index (χ1) is 10.6. The summed E-state index contributed by atoms with van der Waals surface area (Å²) in [6.45, 7) is 12.6. The van der Waals surface area contributed by atoms with Gasteiger partial charge >= 0.3 is 0 Å². The Bertz CT molecular complexity index is 544. The van der Waals surface area contributed by atoms with Crippen molar-refractivity contribution >= 4 is 5.57 Å². The minimum absolute atomic E-state index is 1.00. The van der Waals surface area contributed by atoms with Gasteiger partial charge in [-0.15, -0.1) is 0 Å². The van der Waals surface area contributed by atoms with E-state index < -0.39 is 0 Å². The molecule has 1 nitrogen and oxygen atoms in total. The second-order valence-corrected chi connectivity index (χ2v) is 5.58. The van der Waals surface area contributed by atoms with Crippen LogP contribution in [0.25, 0.3) is 5.57 Å². The Labute approximate surface area is 136 Å². The first-order valence-corrected chi connectivity index (χ1v) is 8.22. The van der Waals surface area contributed by atoms with Crippen LogP contribution in [-0.2, 0) is 0 Å². The number of allylic oxidation sites excluding steroid dienone is 4. The maximum atomic E-state index is 4.06. The topological polar surface area (TPSA) is 3.24 Å². The molecule has 1 aliphatic heterocycles. The van der Waals surface area contributed by atoms with E-state index in [1.165, 1.54) is 23.1 Å². The lowest BCUT2D eigenvalue weighted by Gasteiger charge is -2.20. The lowest BCUT2D eigenvalue weighted by molar-refractivity contribution is 0.647. The van der Waals surface area contributed by atoms with E-state index in [2.05, 4.69) is 69.6 Å². The lowest BCUT2D eigenvalue weighted by atomic mass is 10.0. The van der Waals surface area contributed by atoms with Crippen LogP contribution in [0.2, 0.25) is 0 Å². The number of benzene rings is 1. The van der Waals surface area contributed by atoms with Crippen molar-refractivity contribution in [1.29, 1.82) is 0 Å². The van der Waals surface area contributed by atoms with Gasteiger partial charge in [-0.25, -0.2) is 0 Å². The summed E-state index contributed by atoms with van der Waals surface area (Å²) in [7, 11) is 0. The van der Waals surface area contributed by atoms with Crippen LogP contribution < -0.4 is 0 Å². The Morgan fingerprint density at radius 3 is 2.27 bits per heavy atom. The SMILES string of the molecule is C=C1C=CC=CN1/C=C(\CCC)c1ccc(C)cc1.CCC. The molecule has 1 aromatic carbocycles. The minimum Gasteiger partial charge on any atom is -0.324 e. The molecule has 118 valence electrons. The normalized spacial score (nSPS) is 13.9. The maximum Gasteiger partial charge on any atom is 0.0377 e. The fraction of sp³-hybridized carbons (Fsp3) is 0.333. The van der Waals surface area contributed by atoms with Crippen LogP contribution in [0.4, 0.5) is 0 Å². The van der Waals surface area contributed by atoms with E-state index in [0.717, 1.165) is 18.5 Å². The van der Waals surface area contributed by atoms with Gasteiger partial charge in [-0.05, 0) is 36.6 Å². The van der Waals surface area contributed by atoms with Gasteiger partial charge in [0.25, 0.3) is 0 Å². The molecule has 0 unspecified atom stereocenters. The summed E-state index contributed by atoms with van der Waals surface area (Å²) in [4.78, 5) is 2.09. The number of hydrogen-bond donors (Lipinski definition) is 0. The molecule has 22 heavy (non-hydrogen) atoms. The number of hydrogen-bond acceptors (Lipinski definition) is 1. The Balaban J connectivity index is 0.000000745. The van der Waals surface area contributed by atoms with Crippen LogP contribution >= 0.6 is 0 Å². The third-order valence-electron chi connectivity index (χ3n) is 3.21. The first-order valence-electron chi connectivity index (χ1n) is 8.22. The smallest absolute Gasteiger partial charge is 0.0377 e. The molecule has 0 aliphatic carbocycles. The van der Waals surface area contributed by atoms with Crippen LogP contribution in [0.1, 0.15) is 51.2 Å². The molecule has 0 atom stereocenters. The summed E-state index contributed by atoms with van der Waals surface area (Å²) in [5.74, 6) is 0. The van der Waals surface area contributed by atoms with Gasteiger partial charge in [0.1, 0.15) is 0 Å². The van der Waals surface area contributed by atoms with Gasteiger partial charge < -0.3 is 4.90 Å². The second kappa shape index (κ2) is 9.83. The summed E-state index contributed by atoms with van der Waals surface area (Å²) >= 11 is 0. The highest BCUT2D eigenvalue weighted by molar-refractivity contribution is 5.66. The molecule has 0 radical (unpaired) electrons. The van der Waals surface area contributed by atoms with Crippen molar-refractivity contribution in [2.24, 2.45) is 0 Å². The molecule has 0 aromatic heterocycles. The van der Waals surface area contributed by atoms with E-state index in [-0.39, 0.29) is 0 Å². The molecule has 1 aromatic rings. The predicted octanol–water partition coefficient (Wildman–Crippen LogP) is 6.45. The molecule has 1 heterocycles. The van der Waals surface area contributed by atoms with Gasteiger partial charge in [0.05, 0.1) is 0 Å². The molecular weight excluding hydrogens is 266 g/mol. The van der Waals surface area contributed by atoms with Crippen LogP contribution in [0.15, 0.2) is 67.2 Å². The van der Waals surface area contributed by atoms with Crippen molar-refractivity contribution in [1.82, 2.24) is 4.90 Å². The zero-order valence-electron chi connectivity index (χ0n) is 14.5. The van der Waals surface area contributed by atoms with E-state index >= 15 is 0 Å². The van der Waals surface area contributed by atoms with Crippen molar-refractivity contribution in [3.05, 3.63) is 78.3 Å². The second-order valence-electron chi connectivity index (χ2n) is 5.58. The molecule has 0 spiro atoms. The van der Waals surface area contributed by atoms with E-state index in [1.807, 2.05) is 24.4 Å². The molecule has 0 bridgehead atoms. The van der Waals surface area contributed by atoms with Gasteiger partial charge in [-0.3, -0.25) is 0 Å². The lowest BCUT2D eigenvalue weighted by Crippen LogP contribution is -2.09. The Morgan fingerprint density at radius 2 is 1.73 bits per heavy atom. The molecule has 0 saturated carbocycles. The van der Waals surface area contributed by atoms with E-state index in [1.54, 1.807) is 0 Å². The average Bonchev–Trinajstić information content (AvgIpc) is 2.50. The summed E-state index contributed by atoms with van der Waals surface area (Å²) in [6.07, 6.45) is 13.8. The third-order valence-corrected chi connectivity index (χ3v) is 3.21. The monoisotopic (exact) mass is 295 g/mol. The first kappa shape index (κ1) is 18.0. The molecule has 1 heteroatoms. The molecule has 0 amide bonds. The number of rotatable bonds is 4. The van der Waals surface area contributed by atoms with Crippen LogP contribution in [-0.4, -0.2) is 4.90 Å². The number of nitrogens with zero attached hydrogens (tertiary/aromatic N) is 1. The maximum absolute atomic E-state index is 4.06. The molecule has 0 N–H and O–H groups in total. The summed E-state index contributed by atoms with van der Waals surface area (Å²) < 4.78 is 0. The zero-order chi connectivity index (χ0) is 16.4. The fourth-order valence-electron chi connectivity index (χ4n) is 2.11. The highest BCUT2D eigenvalue weighted by Gasteiger charge is 2.06. The van der Waals surface area contributed by atoms with Crippen molar-refractivity contribution in [2.75, 3.05) is 0 Å². The largest absolute Gasteiger partial charge is 0.324 e. The predicted molar refractivity (Wildman–Crippen MR) is 99.3 cm³/mol. The molecular formula is C21H29N. The van der Waals surface area contributed by atoms with Crippen molar-refractivity contribution in [2.45, 2.75) is 47.0 Å².